The molecule has 0 bridgehead atoms. The molecule has 0 aliphatic carbocycles. The highest BCUT2D eigenvalue weighted by Gasteiger charge is 2.14. The van der Waals surface area contributed by atoms with Crippen LogP contribution >= 0.6 is 0 Å². The molecule has 4 heteroatoms. The van der Waals surface area contributed by atoms with Crippen LogP contribution in [0, 0.1) is 0 Å². The molecule has 0 aromatic carbocycles. The minimum Gasteiger partial charge on any atom is -0.376 e. The molecule has 16 heavy (non-hydrogen) atoms. The van der Waals surface area contributed by atoms with Crippen molar-refractivity contribution in [3.63, 3.8) is 0 Å². The molecule has 0 saturated carbocycles. The van der Waals surface area contributed by atoms with Crippen LogP contribution in [0.25, 0.3) is 0 Å². The van der Waals surface area contributed by atoms with Gasteiger partial charge in [-0.1, -0.05) is 13.8 Å². The van der Waals surface area contributed by atoms with Crippen LogP contribution in [-0.4, -0.2) is 37.7 Å². The SMILES string of the molecule is CC(C)NCCC(=O)NCC1CCCCO1. The van der Waals surface area contributed by atoms with E-state index in [9.17, 15) is 4.79 Å². The Hall–Kier alpha value is -0.610. The Kier molecular flexibility index (Phi) is 6.42. The number of rotatable bonds is 6. The van der Waals surface area contributed by atoms with Crippen molar-refractivity contribution in [2.75, 3.05) is 19.7 Å². The quantitative estimate of drug-likeness (QED) is 0.714. The molecule has 0 aromatic heterocycles. The summed E-state index contributed by atoms with van der Waals surface area (Å²) in [5, 5.41) is 6.14. The second kappa shape index (κ2) is 7.63. The van der Waals surface area contributed by atoms with Crippen LogP contribution in [0.15, 0.2) is 0 Å². The first-order valence-corrected chi connectivity index (χ1v) is 6.30. The van der Waals surface area contributed by atoms with E-state index >= 15 is 0 Å². The minimum absolute atomic E-state index is 0.113. The van der Waals surface area contributed by atoms with Gasteiger partial charge in [-0.2, -0.15) is 0 Å². The standard InChI is InChI=1S/C12H24N2O2/c1-10(2)13-7-6-12(15)14-9-11-5-3-4-8-16-11/h10-11,13H,3-9H2,1-2H3,(H,14,15). The maximum atomic E-state index is 11.5. The van der Waals surface area contributed by atoms with Crippen molar-refractivity contribution < 1.29 is 9.53 Å². The van der Waals surface area contributed by atoms with E-state index in [0.29, 0.717) is 19.0 Å². The Morgan fingerprint density at radius 2 is 2.25 bits per heavy atom. The number of ether oxygens (including phenoxy) is 1. The van der Waals surface area contributed by atoms with Crippen molar-refractivity contribution >= 4 is 5.91 Å². The van der Waals surface area contributed by atoms with E-state index in [2.05, 4.69) is 24.5 Å². The molecule has 0 radical (unpaired) electrons. The lowest BCUT2D eigenvalue weighted by atomic mass is 10.1. The zero-order valence-corrected chi connectivity index (χ0v) is 10.4. The van der Waals surface area contributed by atoms with Crippen LogP contribution < -0.4 is 10.6 Å². The molecule has 0 spiro atoms. The summed E-state index contributed by atoms with van der Waals surface area (Å²) >= 11 is 0. The molecule has 2 N–H and O–H groups in total. The Morgan fingerprint density at radius 1 is 1.44 bits per heavy atom. The highest BCUT2D eigenvalue weighted by Crippen LogP contribution is 2.11. The predicted octanol–water partition coefficient (Wildman–Crippen LogP) is 1.06. The van der Waals surface area contributed by atoms with E-state index in [1.807, 2.05) is 0 Å². The fourth-order valence-electron chi connectivity index (χ4n) is 1.76. The molecule has 1 aliphatic heterocycles. The second-order valence-electron chi connectivity index (χ2n) is 4.65. The zero-order valence-electron chi connectivity index (χ0n) is 10.4. The summed E-state index contributed by atoms with van der Waals surface area (Å²) in [6.07, 6.45) is 4.23. The van der Waals surface area contributed by atoms with Gasteiger partial charge in [-0.05, 0) is 19.3 Å². The average Bonchev–Trinajstić information content (AvgIpc) is 2.27. The first-order chi connectivity index (χ1) is 7.68. The minimum atomic E-state index is 0.113. The molecule has 1 unspecified atom stereocenters. The number of amides is 1. The third kappa shape index (κ3) is 6.08. The lowest BCUT2D eigenvalue weighted by Gasteiger charge is -2.22. The molecule has 1 rings (SSSR count). The van der Waals surface area contributed by atoms with E-state index in [4.69, 9.17) is 4.74 Å². The molecule has 1 amide bonds. The Morgan fingerprint density at radius 3 is 2.88 bits per heavy atom. The third-order valence-corrected chi connectivity index (χ3v) is 2.71. The fraction of sp³-hybridized carbons (Fsp3) is 0.917. The van der Waals surface area contributed by atoms with Gasteiger partial charge in [0.2, 0.25) is 5.91 Å². The molecule has 1 saturated heterocycles. The van der Waals surface area contributed by atoms with Crippen molar-refractivity contribution in [1.82, 2.24) is 10.6 Å². The average molecular weight is 228 g/mol. The predicted molar refractivity (Wildman–Crippen MR) is 64.4 cm³/mol. The van der Waals surface area contributed by atoms with Gasteiger partial charge >= 0.3 is 0 Å². The smallest absolute Gasteiger partial charge is 0.221 e. The number of nitrogens with one attached hydrogen (secondary N) is 2. The lowest BCUT2D eigenvalue weighted by molar-refractivity contribution is -0.121. The summed E-state index contributed by atoms with van der Waals surface area (Å²) < 4.78 is 5.54. The Balaban J connectivity index is 2.00. The number of hydrogen-bond acceptors (Lipinski definition) is 3. The highest BCUT2D eigenvalue weighted by molar-refractivity contribution is 5.76. The fourth-order valence-corrected chi connectivity index (χ4v) is 1.76. The topological polar surface area (TPSA) is 50.4 Å². The van der Waals surface area contributed by atoms with E-state index in [1.165, 1.54) is 6.42 Å². The van der Waals surface area contributed by atoms with Crippen molar-refractivity contribution in [3.05, 3.63) is 0 Å². The van der Waals surface area contributed by atoms with E-state index in [0.717, 1.165) is 26.0 Å². The van der Waals surface area contributed by atoms with Crippen molar-refractivity contribution in [2.24, 2.45) is 0 Å². The van der Waals surface area contributed by atoms with E-state index < -0.39 is 0 Å². The lowest BCUT2D eigenvalue weighted by Crippen LogP contribution is -2.37. The van der Waals surface area contributed by atoms with Crippen LogP contribution in [0.5, 0.6) is 0 Å². The summed E-state index contributed by atoms with van der Waals surface area (Å²) in [5.74, 6) is 0.113. The first kappa shape index (κ1) is 13.5. The van der Waals surface area contributed by atoms with Crippen LogP contribution in [0.4, 0.5) is 0 Å². The van der Waals surface area contributed by atoms with Crippen LogP contribution in [0.2, 0.25) is 0 Å². The van der Waals surface area contributed by atoms with Gasteiger partial charge < -0.3 is 15.4 Å². The summed E-state index contributed by atoms with van der Waals surface area (Å²) in [4.78, 5) is 11.5. The number of carbonyl (C=O) groups is 1. The van der Waals surface area contributed by atoms with Crippen LogP contribution in [0.3, 0.4) is 0 Å². The first-order valence-electron chi connectivity index (χ1n) is 6.30. The molecule has 0 aromatic rings. The molecule has 4 nitrogen and oxygen atoms in total. The highest BCUT2D eigenvalue weighted by atomic mass is 16.5. The van der Waals surface area contributed by atoms with Crippen molar-refractivity contribution in [3.8, 4) is 0 Å². The summed E-state index contributed by atoms with van der Waals surface area (Å²) in [5.41, 5.74) is 0. The third-order valence-electron chi connectivity index (χ3n) is 2.71. The van der Waals surface area contributed by atoms with Gasteiger partial charge in [-0.15, -0.1) is 0 Å². The monoisotopic (exact) mass is 228 g/mol. The maximum absolute atomic E-state index is 11.5. The summed E-state index contributed by atoms with van der Waals surface area (Å²) in [7, 11) is 0. The molecule has 1 atom stereocenters. The van der Waals surface area contributed by atoms with Gasteiger partial charge in [0.25, 0.3) is 0 Å². The largest absolute Gasteiger partial charge is 0.376 e. The maximum Gasteiger partial charge on any atom is 0.221 e. The van der Waals surface area contributed by atoms with Gasteiger partial charge in [-0.3, -0.25) is 4.79 Å². The van der Waals surface area contributed by atoms with Gasteiger partial charge in [0, 0.05) is 32.2 Å². The van der Waals surface area contributed by atoms with E-state index in [1.54, 1.807) is 0 Å². The van der Waals surface area contributed by atoms with Gasteiger partial charge in [0.05, 0.1) is 6.10 Å². The Labute approximate surface area is 98.1 Å². The van der Waals surface area contributed by atoms with Gasteiger partial charge in [-0.25, -0.2) is 0 Å². The zero-order chi connectivity index (χ0) is 11.8. The second-order valence-corrected chi connectivity index (χ2v) is 4.65. The molecule has 1 aliphatic rings. The number of hydrogen-bond donors (Lipinski definition) is 2. The van der Waals surface area contributed by atoms with Crippen LogP contribution in [0.1, 0.15) is 39.5 Å². The summed E-state index contributed by atoms with van der Waals surface area (Å²) in [6.45, 7) is 6.41. The number of carbonyl (C=O) groups excluding carboxylic acids is 1. The molecular weight excluding hydrogens is 204 g/mol. The van der Waals surface area contributed by atoms with Crippen LogP contribution in [-0.2, 0) is 9.53 Å². The van der Waals surface area contributed by atoms with Gasteiger partial charge in [0.15, 0.2) is 0 Å². The molecule has 1 fully saturated rings. The normalized spacial score (nSPS) is 21.1. The summed E-state index contributed by atoms with van der Waals surface area (Å²) in [6, 6.07) is 0.439. The Bertz CT molecular complexity index is 201. The van der Waals surface area contributed by atoms with Crippen molar-refractivity contribution in [2.45, 2.75) is 51.7 Å². The molecule has 1 heterocycles. The van der Waals surface area contributed by atoms with Gasteiger partial charge in [0.1, 0.15) is 0 Å². The molecule has 94 valence electrons. The van der Waals surface area contributed by atoms with E-state index in [-0.39, 0.29) is 12.0 Å². The van der Waals surface area contributed by atoms with Crippen molar-refractivity contribution in [1.29, 1.82) is 0 Å². The molecular formula is C12H24N2O2.